The summed E-state index contributed by atoms with van der Waals surface area (Å²) in [5, 5.41) is 10.7. The highest BCUT2D eigenvalue weighted by Gasteiger charge is 2.17. The first-order chi connectivity index (χ1) is 7.70. The predicted molar refractivity (Wildman–Crippen MR) is 69.3 cm³/mol. The second kappa shape index (κ2) is 5.01. The summed E-state index contributed by atoms with van der Waals surface area (Å²) in [7, 11) is 0. The number of rotatable bonds is 4. The fraction of sp³-hybridized carbons (Fsp3) is 0.455. The molecule has 1 aromatic carbocycles. The van der Waals surface area contributed by atoms with E-state index >= 15 is 0 Å². The molecule has 0 spiro atoms. The summed E-state index contributed by atoms with van der Waals surface area (Å²) < 4.78 is 6.08. The number of ether oxygens (including phenoxy) is 1. The van der Waals surface area contributed by atoms with Crippen LogP contribution in [-0.4, -0.2) is 17.1 Å². The fourth-order valence-corrected chi connectivity index (χ4v) is 1.66. The normalized spacial score (nSPS) is 11.4. The number of nitrogens with zero attached hydrogens (tertiary/aromatic N) is 1. The van der Waals surface area contributed by atoms with E-state index in [1.807, 2.05) is 13.8 Å². The standard InChI is InChI=1S/C11H15BrN2O3/c1-7-4-10(17-6-11(2,3)13)8(12)5-9(7)14(15)16/h4-5H,6,13H2,1-3H3. The molecule has 5 nitrogen and oxygen atoms in total. The van der Waals surface area contributed by atoms with Gasteiger partial charge in [-0.05, 0) is 42.8 Å². The van der Waals surface area contributed by atoms with Gasteiger partial charge < -0.3 is 10.5 Å². The van der Waals surface area contributed by atoms with Crippen molar-refractivity contribution in [1.82, 2.24) is 0 Å². The summed E-state index contributed by atoms with van der Waals surface area (Å²) in [6, 6.07) is 3.07. The third-order valence-corrected chi connectivity index (χ3v) is 2.67. The van der Waals surface area contributed by atoms with Crippen LogP contribution in [0.1, 0.15) is 19.4 Å². The third kappa shape index (κ3) is 3.98. The van der Waals surface area contributed by atoms with Crippen molar-refractivity contribution in [2.45, 2.75) is 26.3 Å². The zero-order valence-corrected chi connectivity index (χ0v) is 11.6. The number of nitro groups is 1. The number of nitrogens with two attached hydrogens (primary N) is 1. The van der Waals surface area contributed by atoms with Crippen molar-refractivity contribution in [3.63, 3.8) is 0 Å². The van der Waals surface area contributed by atoms with E-state index < -0.39 is 10.5 Å². The van der Waals surface area contributed by atoms with Crippen molar-refractivity contribution in [1.29, 1.82) is 0 Å². The van der Waals surface area contributed by atoms with Gasteiger partial charge in [0.25, 0.3) is 5.69 Å². The van der Waals surface area contributed by atoms with E-state index in [9.17, 15) is 10.1 Å². The minimum absolute atomic E-state index is 0.0660. The monoisotopic (exact) mass is 302 g/mol. The molecule has 17 heavy (non-hydrogen) atoms. The molecule has 6 heteroatoms. The molecule has 0 bridgehead atoms. The van der Waals surface area contributed by atoms with Gasteiger partial charge in [0.15, 0.2) is 0 Å². The largest absolute Gasteiger partial charge is 0.490 e. The number of aryl methyl sites for hydroxylation is 1. The Bertz CT molecular complexity index is 441. The molecule has 0 aliphatic heterocycles. The minimum Gasteiger partial charge on any atom is -0.490 e. The Balaban J connectivity index is 2.96. The van der Waals surface area contributed by atoms with Crippen LogP contribution in [0.5, 0.6) is 5.75 Å². The first-order valence-corrected chi connectivity index (χ1v) is 5.86. The third-order valence-electron chi connectivity index (χ3n) is 2.05. The van der Waals surface area contributed by atoms with E-state index in [1.165, 1.54) is 6.07 Å². The Morgan fingerprint density at radius 2 is 2.12 bits per heavy atom. The molecule has 0 heterocycles. The van der Waals surface area contributed by atoms with Gasteiger partial charge in [0.05, 0.1) is 9.40 Å². The highest BCUT2D eigenvalue weighted by atomic mass is 79.9. The average Bonchev–Trinajstić information content (AvgIpc) is 2.17. The highest BCUT2D eigenvalue weighted by Crippen LogP contribution is 2.32. The van der Waals surface area contributed by atoms with Crippen molar-refractivity contribution in [3.05, 3.63) is 32.3 Å². The summed E-state index contributed by atoms with van der Waals surface area (Å²) in [6.45, 7) is 5.70. The summed E-state index contributed by atoms with van der Waals surface area (Å²) >= 11 is 3.25. The molecule has 0 saturated heterocycles. The van der Waals surface area contributed by atoms with Gasteiger partial charge in [-0.1, -0.05) is 0 Å². The Kier molecular flexibility index (Phi) is 4.11. The predicted octanol–water partition coefficient (Wildman–Crippen LogP) is 2.78. The maximum atomic E-state index is 10.7. The van der Waals surface area contributed by atoms with Crippen LogP contribution in [0.4, 0.5) is 5.69 Å². The van der Waals surface area contributed by atoms with Gasteiger partial charge in [0, 0.05) is 17.2 Å². The van der Waals surface area contributed by atoms with Crippen LogP contribution in [0, 0.1) is 17.0 Å². The maximum absolute atomic E-state index is 10.7. The minimum atomic E-state index is -0.449. The van der Waals surface area contributed by atoms with E-state index in [4.69, 9.17) is 10.5 Å². The summed E-state index contributed by atoms with van der Waals surface area (Å²) in [4.78, 5) is 10.3. The Morgan fingerprint density at radius 3 is 2.59 bits per heavy atom. The van der Waals surface area contributed by atoms with E-state index in [1.54, 1.807) is 13.0 Å². The molecule has 0 aromatic heterocycles. The van der Waals surface area contributed by atoms with E-state index in [0.717, 1.165) is 0 Å². The van der Waals surface area contributed by atoms with Crippen LogP contribution in [0.3, 0.4) is 0 Å². The smallest absolute Gasteiger partial charge is 0.273 e. The van der Waals surface area contributed by atoms with Gasteiger partial charge in [-0.15, -0.1) is 0 Å². The van der Waals surface area contributed by atoms with Gasteiger partial charge in [-0.2, -0.15) is 0 Å². The van der Waals surface area contributed by atoms with E-state index in [-0.39, 0.29) is 5.69 Å². The van der Waals surface area contributed by atoms with Crippen molar-refractivity contribution in [2.24, 2.45) is 5.73 Å². The molecule has 0 aliphatic carbocycles. The Labute approximate surface area is 108 Å². The average molecular weight is 303 g/mol. The molecular formula is C11H15BrN2O3. The van der Waals surface area contributed by atoms with E-state index in [0.29, 0.717) is 22.4 Å². The molecule has 0 atom stereocenters. The summed E-state index contributed by atoms with van der Waals surface area (Å²) in [6.07, 6.45) is 0. The molecule has 2 N–H and O–H groups in total. The molecule has 0 unspecified atom stereocenters. The molecule has 94 valence electrons. The van der Waals surface area contributed by atoms with Crippen LogP contribution < -0.4 is 10.5 Å². The zero-order chi connectivity index (χ0) is 13.2. The van der Waals surface area contributed by atoms with Gasteiger partial charge >= 0.3 is 0 Å². The quantitative estimate of drug-likeness (QED) is 0.685. The first-order valence-electron chi connectivity index (χ1n) is 5.07. The maximum Gasteiger partial charge on any atom is 0.273 e. The van der Waals surface area contributed by atoms with E-state index in [2.05, 4.69) is 15.9 Å². The zero-order valence-electron chi connectivity index (χ0n) is 9.99. The number of hydrogen-bond acceptors (Lipinski definition) is 4. The van der Waals surface area contributed by atoms with Crippen molar-refractivity contribution >= 4 is 21.6 Å². The number of halogens is 1. The van der Waals surface area contributed by atoms with Gasteiger partial charge in [0.2, 0.25) is 0 Å². The lowest BCUT2D eigenvalue weighted by Crippen LogP contribution is -2.38. The number of hydrogen-bond donors (Lipinski definition) is 1. The number of benzene rings is 1. The van der Waals surface area contributed by atoms with Crippen LogP contribution in [-0.2, 0) is 0 Å². The first kappa shape index (κ1) is 13.9. The molecule has 1 aromatic rings. The summed E-state index contributed by atoms with van der Waals surface area (Å²) in [5.41, 5.74) is 5.98. The topological polar surface area (TPSA) is 78.4 Å². The summed E-state index contributed by atoms with van der Waals surface area (Å²) in [5.74, 6) is 0.562. The molecule has 0 amide bonds. The lowest BCUT2D eigenvalue weighted by Gasteiger charge is -2.19. The van der Waals surface area contributed by atoms with Crippen LogP contribution >= 0.6 is 15.9 Å². The highest BCUT2D eigenvalue weighted by molar-refractivity contribution is 9.10. The second-order valence-electron chi connectivity index (χ2n) is 4.60. The van der Waals surface area contributed by atoms with Crippen molar-refractivity contribution in [3.8, 4) is 5.75 Å². The second-order valence-corrected chi connectivity index (χ2v) is 5.46. The van der Waals surface area contributed by atoms with Gasteiger partial charge in [-0.25, -0.2) is 0 Å². The van der Waals surface area contributed by atoms with Crippen molar-refractivity contribution < 1.29 is 9.66 Å². The Hall–Kier alpha value is -1.14. The molecule has 0 radical (unpaired) electrons. The number of nitro benzene ring substituents is 1. The molecule has 0 saturated carbocycles. The fourth-order valence-electron chi connectivity index (χ4n) is 1.22. The van der Waals surface area contributed by atoms with Gasteiger partial charge in [0.1, 0.15) is 12.4 Å². The lowest BCUT2D eigenvalue weighted by molar-refractivity contribution is -0.385. The molecule has 0 fully saturated rings. The van der Waals surface area contributed by atoms with Gasteiger partial charge in [-0.3, -0.25) is 10.1 Å². The molecular weight excluding hydrogens is 288 g/mol. The Morgan fingerprint density at radius 1 is 1.53 bits per heavy atom. The lowest BCUT2D eigenvalue weighted by atomic mass is 10.1. The van der Waals surface area contributed by atoms with Crippen molar-refractivity contribution in [2.75, 3.05) is 6.61 Å². The molecule has 0 aliphatic rings. The van der Waals surface area contributed by atoms with Crippen LogP contribution in [0.2, 0.25) is 0 Å². The SMILES string of the molecule is Cc1cc(OCC(C)(C)N)c(Br)cc1[N+](=O)[O-]. The molecule has 1 rings (SSSR count). The van der Waals surface area contributed by atoms with Crippen LogP contribution in [0.25, 0.3) is 0 Å². The van der Waals surface area contributed by atoms with Crippen LogP contribution in [0.15, 0.2) is 16.6 Å².